The number of amides is 1. The van der Waals surface area contributed by atoms with Gasteiger partial charge in [0.25, 0.3) is 0 Å². The lowest BCUT2D eigenvalue weighted by molar-refractivity contribution is -0.120. The van der Waals surface area contributed by atoms with Crippen molar-refractivity contribution in [1.29, 1.82) is 0 Å². The van der Waals surface area contributed by atoms with Gasteiger partial charge in [0, 0.05) is 11.0 Å². The van der Waals surface area contributed by atoms with Crippen LogP contribution in [0.25, 0.3) is 0 Å². The first-order chi connectivity index (χ1) is 12.3. The molecular formula is C18H18BrFN2O3S. The van der Waals surface area contributed by atoms with Gasteiger partial charge in [-0.25, -0.2) is 12.8 Å². The van der Waals surface area contributed by atoms with Crippen molar-refractivity contribution in [1.82, 2.24) is 4.31 Å². The van der Waals surface area contributed by atoms with Crippen LogP contribution in [0.5, 0.6) is 0 Å². The molecule has 0 spiro atoms. The lowest BCUT2D eigenvalue weighted by Gasteiger charge is -2.34. The Balaban J connectivity index is 1.93. The predicted octanol–water partition coefficient (Wildman–Crippen LogP) is 3.30. The van der Waals surface area contributed by atoms with E-state index in [1.165, 1.54) is 16.4 Å². The monoisotopic (exact) mass is 440 g/mol. The van der Waals surface area contributed by atoms with Gasteiger partial charge in [-0.05, 0) is 42.7 Å². The van der Waals surface area contributed by atoms with Crippen LogP contribution in [0.1, 0.15) is 18.1 Å². The Kier molecular flexibility index (Phi) is 5.45. The van der Waals surface area contributed by atoms with Gasteiger partial charge in [0.2, 0.25) is 15.9 Å². The van der Waals surface area contributed by atoms with Crippen molar-refractivity contribution in [3.8, 4) is 0 Å². The summed E-state index contributed by atoms with van der Waals surface area (Å²) in [5, 5.41) is 2.52. The molecule has 0 radical (unpaired) electrons. The third kappa shape index (κ3) is 3.82. The number of nitrogens with one attached hydrogen (secondary N) is 1. The molecule has 0 bridgehead atoms. The van der Waals surface area contributed by atoms with Gasteiger partial charge in [0.1, 0.15) is 11.9 Å². The van der Waals surface area contributed by atoms with Crippen LogP contribution in [-0.2, 0) is 27.8 Å². The van der Waals surface area contributed by atoms with Crippen LogP contribution in [-0.4, -0.2) is 30.4 Å². The molecule has 0 saturated carbocycles. The Hall–Kier alpha value is -1.77. The molecule has 1 heterocycles. The van der Waals surface area contributed by atoms with Crippen LogP contribution in [0, 0.1) is 5.82 Å². The number of carbonyl (C=O) groups is 1. The number of rotatable bonds is 4. The van der Waals surface area contributed by atoms with Gasteiger partial charge >= 0.3 is 0 Å². The summed E-state index contributed by atoms with van der Waals surface area (Å²) in [7, 11) is -3.60. The number of halogens is 2. The number of hydrogen-bond donors (Lipinski definition) is 1. The van der Waals surface area contributed by atoms with Crippen LogP contribution in [0.4, 0.5) is 10.1 Å². The maximum atomic E-state index is 14.0. The second kappa shape index (κ2) is 7.46. The minimum atomic E-state index is -3.60. The fourth-order valence-electron chi connectivity index (χ4n) is 2.99. The maximum absolute atomic E-state index is 14.0. The number of fused-ring (bicyclic) bond motifs is 1. The van der Waals surface area contributed by atoms with Gasteiger partial charge < -0.3 is 5.32 Å². The van der Waals surface area contributed by atoms with Crippen LogP contribution in [0.2, 0.25) is 0 Å². The maximum Gasteiger partial charge on any atom is 0.243 e. The molecular weight excluding hydrogens is 423 g/mol. The zero-order chi connectivity index (χ0) is 18.9. The third-order valence-electron chi connectivity index (χ3n) is 4.42. The molecule has 2 aromatic rings. The Morgan fingerprint density at radius 3 is 2.62 bits per heavy atom. The van der Waals surface area contributed by atoms with Crippen molar-refractivity contribution in [2.45, 2.75) is 25.9 Å². The summed E-state index contributed by atoms with van der Waals surface area (Å²) < 4.78 is 40.8. The van der Waals surface area contributed by atoms with Crippen molar-refractivity contribution in [2.75, 3.05) is 11.1 Å². The standard InChI is InChI=1S/C18H18BrFN2O3S/c1-2-26(24,25)22-11-13-6-4-3-5-12(13)9-17(22)18(23)21-16-8-7-14(19)10-15(16)20/h3-8,10,17H,2,9,11H2,1H3,(H,21,23). The molecule has 1 amide bonds. The fraction of sp³-hybridized carbons (Fsp3) is 0.278. The summed E-state index contributed by atoms with van der Waals surface area (Å²) in [5.41, 5.74) is 1.82. The highest BCUT2D eigenvalue weighted by Gasteiger charge is 2.38. The van der Waals surface area contributed by atoms with E-state index in [1.54, 1.807) is 13.0 Å². The molecule has 0 saturated heterocycles. The molecule has 5 nitrogen and oxygen atoms in total. The van der Waals surface area contributed by atoms with Gasteiger partial charge in [-0.2, -0.15) is 4.31 Å². The first kappa shape index (κ1) is 19.0. The van der Waals surface area contributed by atoms with E-state index in [1.807, 2.05) is 24.3 Å². The second-order valence-electron chi connectivity index (χ2n) is 6.05. The lowest BCUT2D eigenvalue weighted by atomic mass is 9.95. The Morgan fingerprint density at radius 1 is 1.27 bits per heavy atom. The predicted molar refractivity (Wildman–Crippen MR) is 102 cm³/mol. The average molecular weight is 441 g/mol. The van der Waals surface area contributed by atoms with E-state index in [0.29, 0.717) is 4.47 Å². The smallest absolute Gasteiger partial charge is 0.243 e. The summed E-state index contributed by atoms with van der Waals surface area (Å²) in [6.45, 7) is 1.67. The molecule has 1 aliphatic heterocycles. The lowest BCUT2D eigenvalue weighted by Crippen LogP contribution is -2.51. The van der Waals surface area contributed by atoms with E-state index >= 15 is 0 Å². The average Bonchev–Trinajstić information content (AvgIpc) is 2.62. The number of anilines is 1. The molecule has 0 fully saturated rings. The summed E-state index contributed by atoms with van der Waals surface area (Å²) in [4.78, 5) is 12.8. The number of sulfonamides is 1. The minimum absolute atomic E-state index is 0.0194. The summed E-state index contributed by atoms with van der Waals surface area (Å²) in [6.07, 6.45) is 0.249. The Bertz CT molecular complexity index is 949. The number of carbonyl (C=O) groups excluding carboxylic acids is 1. The largest absolute Gasteiger partial charge is 0.322 e. The molecule has 0 aromatic heterocycles. The Morgan fingerprint density at radius 2 is 1.96 bits per heavy atom. The zero-order valence-electron chi connectivity index (χ0n) is 14.1. The van der Waals surface area contributed by atoms with Crippen LogP contribution >= 0.6 is 15.9 Å². The molecule has 1 atom stereocenters. The van der Waals surface area contributed by atoms with E-state index in [9.17, 15) is 17.6 Å². The molecule has 26 heavy (non-hydrogen) atoms. The molecule has 3 rings (SSSR count). The highest BCUT2D eigenvalue weighted by Crippen LogP contribution is 2.27. The van der Waals surface area contributed by atoms with E-state index in [2.05, 4.69) is 21.2 Å². The SMILES string of the molecule is CCS(=O)(=O)N1Cc2ccccc2CC1C(=O)Nc1ccc(Br)cc1F. The van der Waals surface area contributed by atoms with Crippen LogP contribution < -0.4 is 5.32 Å². The first-order valence-electron chi connectivity index (χ1n) is 8.14. The molecule has 2 aromatic carbocycles. The minimum Gasteiger partial charge on any atom is -0.322 e. The quantitative estimate of drug-likeness (QED) is 0.792. The van der Waals surface area contributed by atoms with Gasteiger partial charge in [-0.15, -0.1) is 0 Å². The van der Waals surface area contributed by atoms with Crippen LogP contribution in [0.3, 0.4) is 0 Å². The molecule has 8 heteroatoms. The molecule has 138 valence electrons. The number of nitrogens with zero attached hydrogens (tertiary/aromatic N) is 1. The van der Waals surface area contributed by atoms with Crippen molar-refractivity contribution in [3.05, 3.63) is 63.9 Å². The van der Waals surface area contributed by atoms with Gasteiger partial charge in [0.15, 0.2) is 0 Å². The van der Waals surface area contributed by atoms with Crippen molar-refractivity contribution < 1.29 is 17.6 Å². The van der Waals surface area contributed by atoms with Crippen molar-refractivity contribution in [2.24, 2.45) is 0 Å². The van der Waals surface area contributed by atoms with E-state index in [4.69, 9.17) is 0 Å². The normalized spacial score (nSPS) is 17.6. The third-order valence-corrected chi connectivity index (χ3v) is 6.74. The van der Waals surface area contributed by atoms with E-state index < -0.39 is 27.8 Å². The Labute approximate surface area is 160 Å². The zero-order valence-corrected chi connectivity index (χ0v) is 16.5. The number of benzene rings is 2. The summed E-state index contributed by atoms with van der Waals surface area (Å²) in [6, 6.07) is 10.8. The second-order valence-corrected chi connectivity index (χ2v) is 9.17. The van der Waals surface area contributed by atoms with Crippen molar-refractivity contribution >= 4 is 37.5 Å². The fourth-order valence-corrected chi connectivity index (χ4v) is 4.55. The molecule has 1 N–H and O–H groups in total. The first-order valence-corrected chi connectivity index (χ1v) is 10.5. The highest BCUT2D eigenvalue weighted by molar-refractivity contribution is 9.10. The van der Waals surface area contributed by atoms with Crippen LogP contribution in [0.15, 0.2) is 46.9 Å². The molecule has 1 aliphatic rings. The van der Waals surface area contributed by atoms with E-state index in [-0.39, 0.29) is 24.4 Å². The van der Waals surface area contributed by atoms with Crippen molar-refractivity contribution in [3.63, 3.8) is 0 Å². The molecule has 0 aliphatic carbocycles. The summed E-state index contributed by atoms with van der Waals surface area (Å²) >= 11 is 3.16. The van der Waals surface area contributed by atoms with Gasteiger partial charge in [-0.1, -0.05) is 40.2 Å². The highest BCUT2D eigenvalue weighted by atomic mass is 79.9. The molecule has 1 unspecified atom stereocenters. The van der Waals surface area contributed by atoms with Gasteiger partial charge in [0.05, 0.1) is 11.4 Å². The number of hydrogen-bond acceptors (Lipinski definition) is 3. The summed E-state index contributed by atoms with van der Waals surface area (Å²) in [5.74, 6) is -1.24. The van der Waals surface area contributed by atoms with Gasteiger partial charge in [-0.3, -0.25) is 4.79 Å². The van der Waals surface area contributed by atoms with E-state index in [0.717, 1.165) is 11.1 Å². The topological polar surface area (TPSA) is 66.5 Å².